The van der Waals surface area contributed by atoms with Gasteiger partial charge in [-0.05, 0) is 44.0 Å². The molecule has 5 heteroatoms. The Balaban J connectivity index is 1.79. The third-order valence-electron chi connectivity index (χ3n) is 4.22. The van der Waals surface area contributed by atoms with Gasteiger partial charge in [-0.15, -0.1) is 0 Å². The molecule has 0 spiro atoms. The van der Waals surface area contributed by atoms with E-state index in [1.165, 1.54) is 12.8 Å². The number of non-ortho nitro benzene ring substituents is 1. The summed E-state index contributed by atoms with van der Waals surface area (Å²) in [5, 5.41) is 14.1. The molecule has 0 atom stereocenters. The molecule has 1 aliphatic heterocycles. The van der Waals surface area contributed by atoms with Crippen LogP contribution in [0.5, 0.6) is 0 Å². The Morgan fingerprint density at radius 3 is 2.45 bits per heavy atom. The van der Waals surface area contributed by atoms with E-state index in [1.807, 2.05) is 12.1 Å². The second-order valence-corrected chi connectivity index (χ2v) is 6.14. The predicted octanol–water partition coefficient (Wildman–Crippen LogP) is 2.42. The normalized spacial score (nSPS) is 18.9. The summed E-state index contributed by atoms with van der Waals surface area (Å²) in [6.07, 6.45) is 2.44. The highest BCUT2D eigenvalue weighted by atomic mass is 16.6. The third kappa shape index (κ3) is 4.02. The molecule has 1 saturated heterocycles. The van der Waals surface area contributed by atoms with Crippen LogP contribution in [0.15, 0.2) is 24.3 Å². The number of hydrogen-bond acceptors (Lipinski definition) is 4. The zero-order chi connectivity index (χ0) is 14.6. The van der Waals surface area contributed by atoms with E-state index in [1.54, 1.807) is 12.1 Å². The number of rotatable bonds is 5. The summed E-state index contributed by atoms with van der Waals surface area (Å²) in [6, 6.07) is 6.77. The summed E-state index contributed by atoms with van der Waals surface area (Å²) in [6.45, 7) is 6.43. The molecule has 0 aliphatic carbocycles. The molecule has 0 amide bonds. The first kappa shape index (κ1) is 14.9. The lowest BCUT2D eigenvalue weighted by atomic mass is 9.80. The molecule has 1 heterocycles. The lowest BCUT2D eigenvalue weighted by Gasteiger charge is -2.38. The summed E-state index contributed by atoms with van der Waals surface area (Å²) in [5.74, 6) is 0. The number of benzene rings is 1. The van der Waals surface area contributed by atoms with Gasteiger partial charge in [-0.25, -0.2) is 0 Å². The van der Waals surface area contributed by atoms with Crippen molar-refractivity contribution in [2.24, 2.45) is 5.41 Å². The van der Waals surface area contributed by atoms with Gasteiger partial charge in [0.05, 0.1) is 4.92 Å². The number of hydrogen-bond donors (Lipinski definition) is 1. The summed E-state index contributed by atoms with van der Waals surface area (Å²) < 4.78 is 0. The fourth-order valence-electron chi connectivity index (χ4n) is 2.58. The average molecular weight is 277 g/mol. The maximum atomic E-state index is 10.6. The van der Waals surface area contributed by atoms with Gasteiger partial charge in [-0.2, -0.15) is 0 Å². The van der Waals surface area contributed by atoms with Gasteiger partial charge in [0.2, 0.25) is 0 Å². The largest absolute Gasteiger partial charge is 0.312 e. The Morgan fingerprint density at radius 2 is 1.90 bits per heavy atom. The number of nitrogens with zero attached hydrogens (tertiary/aromatic N) is 2. The van der Waals surface area contributed by atoms with Crippen molar-refractivity contribution >= 4 is 5.69 Å². The molecule has 110 valence electrons. The van der Waals surface area contributed by atoms with Crippen LogP contribution in [0.25, 0.3) is 0 Å². The zero-order valence-corrected chi connectivity index (χ0v) is 12.3. The van der Waals surface area contributed by atoms with E-state index < -0.39 is 0 Å². The summed E-state index contributed by atoms with van der Waals surface area (Å²) in [4.78, 5) is 12.6. The fraction of sp³-hybridized carbons (Fsp3) is 0.600. The molecular weight excluding hydrogens is 254 g/mol. The highest BCUT2D eigenvalue weighted by Gasteiger charge is 2.28. The summed E-state index contributed by atoms with van der Waals surface area (Å²) in [7, 11) is 2.17. The second kappa shape index (κ2) is 6.33. The molecule has 1 aliphatic rings. The molecular formula is C15H23N3O2. The third-order valence-corrected chi connectivity index (χ3v) is 4.22. The van der Waals surface area contributed by atoms with E-state index in [0.29, 0.717) is 5.41 Å². The number of nitro groups is 1. The molecule has 1 aromatic rings. The minimum atomic E-state index is -0.364. The molecule has 0 radical (unpaired) electrons. The maximum Gasteiger partial charge on any atom is 0.269 e. The van der Waals surface area contributed by atoms with Crippen LogP contribution in [0.4, 0.5) is 5.69 Å². The predicted molar refractivity (Wildman–Crippen MR) is 79.6 cm³/mol. The van der Waals surface area contributed by atoms with Crippen LogP contribution >= 0.6 is 0 Å². The monoisotopic (exact) mass is 277 g/mol. The van der Waals surface area contributed by atoms with Crippen molar-refractivity contribution in [1.82, 2.24) is 10.2 Å². The molecule has 20 heavy (non-hydrogen) atoms. The van der Waals surface area contributed by atoms with Gasteiger partial charge in [0.1, 0.15) is 0 Å². The van der Waals surface area contributed by atoms with Crippen LogP contribution in [0.3, 0.4) is 0 Å². The van der Waals surface area contributed by atoms with Gasteiger partial charge in [0, 0.05) is 25.2 Å². The lowest BCUT2D eigenvalue weighted by Crippen LogP contribution is -2.41. The van der Waals surface area contributed by atoms with Crippen molar-refractivity contribution in [2.75, 3.05) is 26.7 Å². The van der Waals surface area contributed by atoms with Crippen molar-refractivity contribution < 1.29 is 4.92 Å². The summed E-state index contributed by atoms with van der Waals surface area (Å²) in [5.41, 5.74) is 1.61. The highest BCUT2D eigenvalue weighted by molar-refractivity contribution is 5.32. The molecule has 1 fully saturated rings. The van der Waals surface area contributed by atoms with E-state index >= 15 is 0 Å². The van der Waals surface area contributed by atoms with Crippen molar-refractivity contribution in [1.29, 1.82) is 0 Å². The van der Waals surface area contributed by atoms with Gasteiger partial charge in [-0.3, -0.25) is 10.1 Å². The van der Waals surface area contributed by atoms with E-state index in [0.717, 1.165) is 31.7 Å². The molecule has 0 saturated carbocycles. The molecule has 0 bridgehead atoms. The molecule has 1 aromatic carbocycles. The van der Waals surface area contributed by atoms with Crippen molar-refractivity contribution in [3.8, 4) is 0 Å². The second-order valence-electron chi connectivity index (χ2n) is 6.14. The van der Waals surface area contributed by atoms with Gasteiger partial charge in [0.25, 0.3) is 5.69 Å². The lowest BCUT2D eigenvalue weighted by molar-refractivity contribution is -0.384. The van der Waals surface area contributed by atoms with Crippen LogP contribution in [0.2, 0.25) is 0 Å². The molecule has 0 unspecified atom stereocenters. The zero-order valence-electron chi connectivity index (χ0n) is 12.3. The SMILES string of the molecule is CN1CCC(C)(CNCc2ccc([N+](=O)[O-])cc2)CC1. The average Bonchev–Trinajstić information content (AvgIpc) is 2.43. The Hall–Kier alpha value is -1.46. The van der Waals surface area contributed by atoms with Gasteiger partial charge >= 0.3 is 0 Å². The Labute approximate surface area is 120 Å². The van der Waals surface area contributed by atoms with Crippen molar-refractivity contribution in [3.63, 3.8) is 0 Å². The Bertz CT molecular complexity index is 451. The van der Waals surface area contributed by atoms with Crippen molar-refractivity contribution in [2.45, 2.75) is 26.3 Å². The van der Waals surface area contributed by atoms with Gasteiger partial charge < -0.3 is 10.2 Å². The first-order valence-corrected chi connectivity index (χ1v) is 7.11. The first-order chi connectivity index (χ1) is 9.48. The smallest absolute Gasteiger partial charge is 0.269 e. The minimum Gasteiger partial charge on any atom is -0.312 e. The quantitative estimate of drug-likeness (QED) is 0.663. The molecule has 2 rings (SSSR count). The maximum absolute atomic E-state index is 10.6. The van der Waals surface area contributed by atoms with Crippen LogP contribution in [-0.2, 0) is 6.54 Å². The van der Waals surface area contributed by atoms with Gasteiger partial charge in [0.15, 0.2) is 0 Å². The molecule has 0 aromatic heterocycles. The number of likely N-dealkylation sites (tertiary alicyclic amines) is 1. The number of nitro benzene ring substituents is 1. The topological polar surface area (TPSA) is 58.4 Å². The van der Waals surface area contributed by atoms with E-state index in [9.17, 15) is 10.1 Å². The van der Waals surface area contributed by atoms with Crippen LogP contribution in [-0.4, -0.2) is 36.5 Å². The van der Waals surface area contributed by atoms with Crippen molar-refractivity contribution in [3.05, 3.63) is 39.9 Å². The van der Waals surface area contributed by atoms with E-state index in [-0.39, 0.29) is 10.6 Å². The van der Waals surface area contributed by atoms with Gasteiger partial charge in [-0.1, -0.05) is 19.1 Å². The van der Waals surface area contributed by atoms with Crippen LogP contribution in [0, 0.1) is 15.5 Å². The van der Waals surface area contributed by atoms with Crippen LogP contribution < -0.4 is 5.32 Å². The molecule has 5 nitrogen and oxygen atoms in total. The standard InChI is InChI=1S/C15H23N3O2/c1-15(7-9-17(2)10-8-15)12-16-11-13-3-5-14(6-4-13)18(19)20/h3-6,16H,7-12H2,1-2H3. The van der Waals surface area contributed by atoms with E-state index in [4.69, 9.17) is 0 Å². The highest BCUT2D eigenvalue weighted by Crippen LogP contribution is 2.29. The Morgan fingerprint density at radius 1 is 1.30 bits per heavy atom. The van der Waals surface area contributed by atoms with E-state index in [2.05, 4.69) is 24.2 Å². The minimum absolute atomic E-state index is 0.149. The summed E-state index contributed by atoms with van der Waals surface area (Å²) >= 11 is 0. The van der Waals surface area contributed by atoms with Crippen LogP contribution in [0.1, 0.15) is 25.3 Å². The number of nitrogens with one attached hydrogen (secondary N) is 1. The fourth-order valence-corrected chi connectivity index (χ4v) is 2.58. The Kier molecular flexibility index (Phi) is 4.73. The molecule has 1 N–H and O–H groups in total. The first-order valence-electron chi connectivity index (χ1n) is 7.11. The number of piperidine rings is 1.